The molecule has 1 unspecified atom stereocenters. The lowest BCUT2D eigenvalue weighted by molar-refractivity contribution is -0.182. The maximum atomic E-state index is 11.6. The first-order valence-corrected chi connectivity index (χ1v) is 5.19. The van der Waals surface area contributed by atoms with E-state index in [0.717, 1.165) is 0 Å². The number of allylic oxidation sites excluding steroid dienone is 1. The van der Waals surface area contributed by atoms with Crippen LogP contribution in [0, 0.1) is 0 Å². The van der Waals surface area contributed by atoms with E-state index >= 15 is 0 Å². The van der Waals surface area contributed by atoms with Crippen molar-refractivity contribution in [2.24, 2.45) is 0 Å². The first-order chi connectivity index (χ1) is 5.27. The van der Waals surface area contributed by atoms with Crippen LogP contribution in [0.1, 0.15) is 13.3 Å². The maximum Gasteiger partial charge on any atom is 0.394 e. The van der Waals surface area contributed by atoms with Crippen LogP contribution < -0.4 is 4.89 Å². The Morgan fingerprint density at radius 3 is 2.33 bits per heavy atom. The summed E-state index contributed by atoms with van der Waals surface area (Å²) in [4.78, 5) is 10.6. The van der Waals surface area contributed by atoms with Crippen LogP contribution in [-0.2, 0) is 4.57 Å². The van der Waals surface area contributed by atoms with Gasteiger partial charge in [0, 0.05) is 7.37 Å². The van der Waals surface area contributed by atoms with Crippen molar-refractivity contribution in [2.45, 2.75) is 19.5 Å². The van der Waals surface area contributed by atoms with Crippen molar-refractivity contribution in [1.29, 1.82) is 0 Å². The zero-order valence-electron chi connectivity index (χ0n) is 6.47. The number of hydrogen-bond donors (Lipinski definition) is 0. The van der Waals surface area contributed by atoms with Gasteiger partial charge in [-0.05, 0) is 12.2 Å². The van der Waals surface area contributed by atoms with E-state index in [0.29, 0.717) is 12.2 Å². The molecular weight excluding hydrogens is 192 g/mol. The van der Waals surface area contributed by atoms with Crippen molar-refractivity contribution < 1.29 is 22.6 Å². The number of hydrogen-bond acceptors (Lipinski definition) is 2. The Morgan fingerprint density at radius 2 is 2.00 bits per heavy atom. The van der Waals surface area contributed by atoms with Crippen molar-refractivity contribution in [1.82, 2.24) is 0 Å². The van der Waals surface area contributed by atoms with Crippen molar-refractivity contribution in [2.75, 3.05) is 6.16 Å². The standard InChI is InChI=1S/C6H10F3O2P/c1-2-3-4-12(10,11)5-6(7,8)9/h3-4H,2,5H2,1H3,(H,10,11)/p-1. The predicted molar refractivity (Wildman–Crippen MR) is 38.0 cm³/mol. The van der Waals surface area contributed by atoms with Crippen LogP contribution in [0.4, 0.5) is 13.2 Å². The molecule has 6 heteroatoms. The van der Waals surface area contributed by atoms with Crippen LogP contribution in [0.15, 0.2) is 11.9 Å². The minimum atomic E-state index is -4.64. The third-order valence-electron chi connectivity index (χ3n) is 0.968. The first kappa shape index (κ1) is 11.7. The molecule has 0 bridgehead atoms. The molecule has 0 amide bonds. The van der Waals surface area contributed by atoms with E-state index in [2.05, 4.69) is 0 Å². The van der Waals surface area contributed by atoms with Crippen LogP contribution >= 0.6 is 7.37 Å². The Labute approximate surface area is 68.5 Å². The van der Waals surface area contributed by atoms with Crippen LogP contribution in [0.25, 0.3) is 0 Å². The molecule has 0 aliphatic carbocycles. The quantitative estimate of drug-likeness (QED) is 0.656. The van der Waals surface area contributed by atoms with Crippen molar-refractivity contribution in [3.05, 3.63) is 11.9 Å². The Bertz CT molecular complexity index is 209. The highest BCUT2D eigenvalue weighted by atomic mass is 31.2. The molecular formula is C6H9F3O2P-. The van der Waals surface area contributed by atoms with Gasteiger partial charge in [0.25, 0.3) is 0 Å². The van der Waals surface area contributed by atoms with E-state index in [9.17, 15) is 22.6 Å². The summed E-state index contributed by atoms with van der Waals surface area (Å²) in [6, 6.07) is 0. The summed E-state index contributed by atoms with van der Waals surface area (Å²) in [5, 5.41) is 0. The fourth-order valence-electron chi connectivity index (χ4n) is 0.569. The van der Waals surface area contributed by atoms with Gasteiger partial charge >= 0.3 is 6.18 Å². The Morgan fingerprint density at radius 1 is 1.50 bits per heavy atom. The van der Waals surface area contributed by atoms with E-state index in [4.69, 9.17) is 0 Å². The van der Waals surface area contributed by atoms with Crippen LogP contribution in [0.5, 0.6) is 0 Å². The average Bonchev–Trinajstić information content (AvgIpc) is 1.78. The third-order valence-corrected chi connectivity index (χ3v) is 2.43. The zero-order chi connectivity index (χ0) is 9.83. The molecule has 0 saturated carbocycles. The lowest BCUT2D eigenvalue weighted by atomic mass is 10.5. The molecule has 0 aliphatic heterocycles. The Kier molecular flexibility index (Phi) is 4.00. The van der Waals surface area contributed by atoms with Gasteiger partial charge in [0.15, 0.2) is 0 Å². The van der Waals surface area contributed by atoms with Gasteiger partial charge < -0.3 is 9.46 Å². The lowest BCUT2D eigenvalue weighted by Crippen LogP contribution is -2.18. The summed E-state index contributed by atoms with van der Waals surface area (Å²) < 4.78 is 45.3. The third kappa shape index (κ3) is 6.43. The van der Waals surface area contributed by atoms with Gasteiger partial charge in [-0.1, -0.05) is 13.0 Å². The molecule has 0 aromatic carbocycles. The molecule has 0 aliphatic rings. The van der Waals surface area contributed by atoms with Crippen LogP contribution in [0.3, 0.4) is 0 Å². The van der Waals surface area contributed by atoms with Gasteiger partial charge in [-0.15, -0.1) is 0 Å². The minimum Gasteiger partial charge on any atom is -0.796 e. The summed E-state index contributed by atoms with van der Waals surface area (Å²) in [5.74, 6) is 0.625. The molecule has 0 radical (unpaired) electrons. The number of halogens is 3. The second-order valence-corrected chi connectivity index (χ2v) is 4.36. The molecule has 0 spiro atoms. The number of rotatable bonds is 3. The van der Waals surface area contributed by atoms with E-state index in [1.165, 1.54) is 6.08 Å². The fourth-order valence-corrected chi connectivity index (χ4v) is 1.71. The second kappa shape index (κ2) is 4.10. The summed E-state index contributed by atoms with van der Waals surface area (Å²) in [6.45, 7) is 1.64. The van der Waals surface area contributed by atoms with E-state index in [-0.39, 0.29) is 0 Å². The minimum absolute atomic E-state index is 0.407. The summed E-state index contributed by atoms with van der Waals surface area (Å²) in [7, 11) is -4.39. The van der Waals surface area contributed by atoms with Gasteiger partial charge in [0.05, 0.1) is 6.16 Å². The van der Waals surface area contributed by atoms with Gasteiger partial charge in [0.2, 0.25) is 0 Å². The molecule has 0 saturated heterocycles. The van der Waals surface area contributed by atoms with E-state index in [1.54, 1.807) is 6.92 Å². The predicted octanol–water partition coefficient (Wildman–Crippen LogP) is 2.11. The smallest absolute Gasteiger partial charge is 0.394 e. The average molecular weight is 201 g/mol. The van der Waals surface area contributed by atoms with Crippen molar-refractivity contribution in [3.63, 3.8) is 0 Å². The highest BCUT2D eigenvalue weighted by Crippen LogP contribution is 2.42. The largest absolute Gasteiger partial charge is 0.796 e. The molecule has 0 aromatic rings. The molecule has 0 fully saturated rings. The molecule has 2 nitrogen and oxygen atoms in total. The fraction of sp³-hybridized carbons (Fsp3) is 0.667. The second-order valence-electron chi connectivity index (χ2n) is 2.29. The molecule has 12 heavy (non-hydrogen) atoms. The summed E-state index contributed by atoms with van der Waals surface area (Å²) >= 11 is 0. The number of alkyl halides is 3. The van der Waals surface area contributed by atoms with Gasteiger partial charge in [-0.2, -0.15) is 13.2 Å². The highest BCUT2D eigenvalue weighted by Gasteiger charge is 2.31. The van der Waals surface area contributed by atoms with E-state index in [1.807, 2.05) is 0 Å². The topological polar surface area (TPSA) is 40.1 Å². The van der Waals surface area contributed by atoms with Gasteiger partial charge in [0.1, 0.15) is 0 Å². The van der Waals surface area contributed by atoms with Gasteiger partial charge in [-0.3, -0.25) is 0 Å². The normalized spacial score (nSPS) is 18.1. The first-order valence-electron chi connectivity index (χ1n) is 3.31. The Balaban J connectivity index is 4.24. The molecule has 72 valence electrons. The monoisotopic (exact) mass is 201 g/mol. The van der Waals surface area contributed by atoms with Crippen LogP contribution in [-0.4, -0.2) is 12.3 Å². The molecule has 0 N–H and O–H groups in total. The molecule has 1 atom stereocenters. The lowest BCUT2D eigenvalue weighted by Gasteiger charge is -2.20. The maximum absolute atomic E-state index is 11.6. The van der Waals surface area contributed by atoms with E-state index < -0.39 is 19.7 Å². The van der Waals surface area contributed by atoms with Crippen molar-refractivity contribution in [3.8, 4) is 0 Å². The molecule has 0 aromatic heterocycles. The van der Waals surface area contributed by atoms with Crippen molar-refractivity contribution >= 4 is 7.37 Å². The molecule has 0 rings (SSSR count). The summed E-state index contributed by atoms with van der Waals surface area (Å²) in [6.07, 6.45) is -4.80. The Hall–Kier alpha value is -0.280. The SMILES string of the molecule is CCC=CP(=O)([O-])CC(F)(F)F. The zero-order valence-corrected chi connectivity index (χ0v) is 7.36. The highest BCUT2D eigenvalue weighted by molar-refractivity contribution is 7.59. The van der Waals surface area contributed by atoms with Gasteiger partial charge in [-0.25, -0.2) is 0 Å². The molecule has 0 heterocycles. The summed E-state index contributed by atoms with van der Waals surface area (Å²) in [5.41, 5.74) is 0. The van der Waals surface area contributed by atoms with Crippen LogP contribution in [0.2, 0.25) is 0 Å².